The second-order valence-corrected chi connectivity index (χ2v) is 6.77. The maximum absolute atomic E-state index is 12.2. The van der Waals surface area contributed by atoms with Crippen molar-refractivity contribution in [2.45, 2.75) is 13.8 Å². The minimum absolute atomic E-state index is 0.0736. The molecule has 4 heteroatoms. The second kappa shape index (κ2) is 5.04. The summed E-state index contributed by atoms with van der Waals surface area (Å²) >= 11 is 8.40. The van der Waals surface area contributed by atoms with Gasteiger partial charge >= 0.3 is 0 Å². The molecule has 17 heavy (non-hydrogen) atoms. The van der Waals surface area contributed by atoms with Gasteiger partial charge in [0.2, 0.25) is 5.78 Å². The number of carbonyl (C=O) groups excluding carboxylic acids is 1. The Morgan fingerprint density at radius 1 is 1.12 bits per heavy atom. The maximum atomic E-state index is 12.2. The highest BCUT2D eigenvalue weighted by molar-refractivity contribution is 9.10. The lowest BCUT2D eigenvalue weighted by atomic mass is 10.1. The van der Waals surface area contributed by atoms with Gasteiger partial charge in [0, 0.05) is 19.4 Å². The molecule has 0 bridgehead atoms. The van der Waals surface area contributed by atoms with Crippen molar-refractivity contribution in [3.05, 3.63) is 54.1 Å². The molecule has 0 fully saturated rings. The lowest BCUT2D eigenvalue weighted by molar-refractivity contribution is 0.104. The number of hydrogen-bond donors (Lipinski definition) is 0. The summed E-state index contributed by atoms with van der Waals surface area (Å²) in [6, 6.07) is 7.58. The van der Waals surface area contributed by atoms with Crippen LogP contribution in [0.25, 0.3) is 0 Å². The van der Waals surface area contributed by atoms with E-state index in [0.29, 0.717) is 0 Å². The fourth-order valence-corrected chi connectivity index (χ4v) is 3.32. The van der Waals surface area contributed by atoms with Crippen LogP contribution >= 0.6 is 43.2 Å². The van der Waals surface area contributed by atoms with Crippen LogP contribution in [0.4, 0.5) is 0 Å². The minimum Gasteiger partial charge on any atom is -0.288 e. The van der Waals surface area contributed by atoms with Gasteiger partial charge in [0.15, 0.2) is 0 Å². The van der Waals surface area contributed by atoms with E-state index in [1.54, 1.807) is 0 Å². The van der Waals surface area contributed by atoms with Crippen LogP contribution in [0.15, 0.2) is 33.2 Å². The van der Waals surface area contributed by atoms with Gasteiger partial charge in [-0.25, -0.2) is 0 Å². The summed E-state index contributed by atoms with van der Waals surface area (Å²) in [5.41, 5.74) is 1.85. The van der Waals surface area contributed by atoms with Crippen molar-refractivity contribution in [1.29, 1.82) is 0 Å². The zero-order valence-electron chi connectivity index (χ0n) is 9.38. The Hall–Kier alpha value is -0.450. The molecular formula is C13H10Br2OS. The van der Waals surface area contributed by atoms with E-state index in [-0.39, 0.29) is 5.78 Å². The predicted octanol–water partition coefficient (Wildman–Crippen LogP) is 5.12. The zero-order valence-corrected chi connectivity index (χ0v) is 13.4. The van der Waals surface area contributed by atoms with E-state index in [9.17, 15) is 4.79 Å². The molecule has 0 radical (unpaired) electrons. The van der Waals surface area contributed by atoms with E-state index in [1.807, 2.05) is 38.1 Å². The summed E-state index contributed by atoms with van der Waals surface area (Å²) in [5, 5.41) is 0. The predicted molar refractivity (Wildman–Crippen MR) is 79.1 cm³/mol. The van der Waals surface area contributed by atoms with E-state index in [4.69, 9.17) is 0 Å². The van der Waals surface area contributed by atoms with Gasteiger partial charge in [0.05, 0.1) is 4.88 Å². The highest BCUT2D eigenvalue weighted by atomic mass is 79.9. The summed E-state index contributed by atoms with van der Waals surface area (Å²) < 4.78 is 1.97. The number of thiophene rings is 1. The Labute approximate surface area is 121 Å². The smallest absolute Gasteiger partial charge is 0.203 e. The van der Waals surface area contributed by atoms with Crippen molar-refractivity contribution >= 4 is 49.0 Å². The minimum atomic E-state index is 0.0736. The molecule has 1 aromatic heterocycles. The lowest BCUT2D eigenvalue weighted by Crippen LogP contribution is -1.98. The van der Waals surface area contributed by atoms with Crippen molar-refractivity contribution in [3.8, 4) is 0 Å². The Balaban J connectivity index is 2.40. The largest absolute Gasteiger partial charge is 0.288 e. The third-order valence-electron chi connectivity index (χ3n) is 2.52. The monoisotopic (exact) mass is 372 g/mol. The molecule has 0 unspecified atom stereocenters. The summed E-state index contributed by atoms with van der Waals surface area (Å²) in [5.74, 6) is 0.0736. The van der Waals surface area contributed by atoms with E-state index >= 15 is 0 Å². The second-order valence-electron chi connectivity index (χ2n) is 3.81. The molecule has 0 aliphatic carbocycles. The molecule has 0 N–H and O–H groups in total. The normalized spacial score (nSPS) is 10.6. The summed E-state index contributed by atoms with van der Waals surface area (Å²) in [6.45, 7) is 4.00. The molecule has 0 saturated heterocycles. The van der Waals surface area contributed by atoms with Gasteiger partial charge in [0.25, 0.3) is 0 Å². The molecule has 2 aromatic rings. The van der Waals surface area contributed by atoms with Crippen molar-refractivity contribution in [2.24, 2.45) is 0 Å². The number of benzene rings is 1. The van der Waals surface area contributed by atoms with Crippen molar-refractivity contribution in [2.75, 3.05) is 0 Å². The number of aryl methyl sites for hydroxylation is 2. The Morgan fingerprint density at radius 2 is 1.82 bits per heavy atom. The highest BCUT2D eigenvalue weighted by Crippen LogP contribution is 2.29. The van der Waals surface area contributed by atoms with Gasteiger partial charge in [-0.05, 0) is 47.5 Å². The molecular weight excluding hydrogens is 364 g/mol. The first-order valence-electron chi connectivity index (χ1n) is 5.06. The number of carbonyl (C=O) groups is 1. The van der Waals surface area contributed by atoms with E-state index < -0.39 is 0 Å². The Morgan fingerprint density at radius 3 is 2.35 bits per heavy atom. The molecule has 0 saturated carbocycles. The molecule has 0 amide bonds. The van der Waals surface area contributed by atoms with Crippen LogP contribution in [0.5, 0.6) is 0 Å². The summed E-state index contributed by atoms with van der Waals surface area (Å²) in [6.07, 6.45) is 0. The number of rotatable bonds is 2. The SMILES string of the molecule is Cc1ccc(C(=O)c2cc(Br)c(C)s2)cc1Br. The van der Waals surface area contributed by atoms with Crippen molar-refractivity contribution in [3.63, 3.8) is 0 Å². The van der Waals surface area contributed by atoms with Gasteiger partial charge in [0.1, 0.15) is 0 Å². The summed E-state index contributed by atoms with van der Waals surface area (Å²) in [4.78, 5) is 14.1. The third kappa shape index (κ3) is 2.69. The fraction of sp³-hybridized carbons (Fsp3) is 0.154. The average Bonchev–Trinajstić information content (AvgIpc) is 2.62. The standard InChI is InChI=1S/C13H10Br2OS/c1-7-3-4-9(5-10(7)14)13(16)12-6-11(15)8(2)17-12/h3-6H,1-2H3. The Bertz CT molecular complexity index is 568. The van der Waals surface area contributed by atoms with Crippen LogP contribution in [-0.2, 0) is 0 Å². The van der Waals surface area contributed by atoms with Crippen molar-refractivity contribution in [1.82, 2.24) is 0 Å². The van der Waals surface area contributed by atoms with Crippen LogP contribution < -0.4 is 0 Å². The fourth-order valence-electron chi connectivity index (χ4n) is 1.45. The highest BCUT2D eigenvalue weighted by Gasteiger charge is 2.14. The van der Waals surface area contributed by atoms with Gasteiger partial charge in [-0.3, -0.25) is 4.79 Å². The molecule has 0 aliphatic heterocycles. The van der Waals surface area contributed by atoms with Crippen LogP contribution in [0.2, 0.25) is 0 Å². The topological polar surface area (TPSA) is 17.1 Å². The Kier molecular flexibility index (Phi) is 3.85. The van der Waals surface area contributed by atoms with E-state index in [1.165, 1.54) is 11.3 Å². The lowest BCUT2D eigenvalue weighted by Gasteiger charge is -2.01. The van der Waals surface area contributed by atoms with Gasteiger partial charge in [-0.15, -0.1) is 11.3 Å². The molecule has 1 nitrogen and oxygen atoms in total. The first-order valence-corrected chi connectivity index (χ1v) is 7.46. The van der Waals surface area contributed by atoms with Crippen molar-refractivity contribution < 1.29 is 4.79 Å². The third-order valence-corrected chi connectivity index (χ3v) is 5.50. The van der Waals surface area contributed by atoms with Crippen LogP contribution in [0.3, 0.4) is 0 Å². The molecule has 0 atom stereocenters. The quantitative estimate of drug-likeness (QED) is 0.667. The maximum Gasteiger partial charge on any atom is 0.203 e. The first kappa shape index (κ1) is 13.0. The molecule has 1 aromatic carbocycles. The zero-order chi connectivity index (χ0) is 12.6. The molecule has 0 aliphatic rings. The van der Waals surface area contributed by atoms with E-state index in [2.05, 4.69) is 31.9 Å². The van der Waals surface area contributed by atoms with Gasteiger partial charge in [-0.2, -0.15) is 0 Å². The van der Waals surface area contributed by atoms with Crippen LogP contribution in [0.1, 0.15) is 25.7 Å². The van der Waals surface area contributed by atoms with E-state index in [0.717, 1.165) is 29.8 Å². The van der Waals surface area contributed by atoms with Crippen LogP contribution in [0, 0.1) is 13.8 Å². The van der Waals surface area contributed by atoms with Crippen LogP contribution in [-0.4, -0.2) is 5.78 Å². The van der Waals surface area contributed by atoms with Gasteiger partial charge < -0.3 is 0 Å². The van der Waals surface area contributed by atoms with Gasteiger partial charge in [-0.1, -0.05) is 28.1 Å². The first-order chi connectivity index (χ1) is 7.99. The summed E-state index contributed by atoms with van der Waals surface area (Å²) in [7, 11) is 0. The number of halogens is 2. The molecule has 1 heterocycles. The molecule has 0 spiro atoms. The molecule has 88 valence electrons. The average molecular weight is 374 g/mol. The number of ketones is 1. The molecule has 2 rings (SSSR count). The number of hydrogen-bond acceptors (Lipinski definition) is 2.